The number of para-hydroxylation sites is 1. The molecule has 0 aliphatic heterocycles. The van der Waals surface area contributed by atoms with E-state index in [4.69, 9.17) is 5.73 Å². The Morgan fingerprint density at radius 3 is 2.83 bits per heavy atom. The van der Waals surface area contributed by atoms with Gasteiger partial charge in [-0.25, -0.2) is 9.07 Å². The Hall–Kier alpha value is -2.27. The molecule has 0 radical (unpaired) electrons. The fraction of sp³-hybridized carbons (Fsp3) is 0.0769. The third-order valence-corrected chi connectivity index (χ3v) is 2.77. The van der Waals surface area contributed by atoms with Gasteiger partial charge in [0.25, 0.3) is 0 Å². The second kappa shape index (κ2) is 4.19. The highest BCUT2D eigenvalue weighted by Gasteiger charge is 2.07. The predicted octanol–water partition coefficient (Wildman–Crippen LogP) is 2.02. The molecule has 3 rings (SSSR count). The largest absolute Gasteiger partial charge is 0.326 e. The number of hydrogen-bond acceptors (Lipinski definition) is 3. The van der Waals surface area contributed by atoms with E-state index >= 15 is 0 Å². The van der Waals surface area contributed by atoms with Crippen LogP contribution in [0, 0.1) is 5.82 Å². The first-order chi connectivity index (χ1) is 8.78. The van der Waals surface area contributed by atoms with Crippen LogP contribution < -0.4 is 5.73 Å². The smallest absolute Gasteiger partial charge is 0.125 e. The minimum atomic E-state index is -0.326. The average molecular weight is 242 g/mol. The highest BCUT2D eigenvalue weighted by Crippen LogP contribution is 2.18. The van der Waals surface area contributed by atoms with E-state index in [2.05, 4.69) is 10.3 Å². The average Bonchev–Trinajstić information content (AvgIpc) is 2.81. The topological polar surface area (TPSA) is 56.7 Å². The Morgan fingerprint density at radius 1 is 1.17 bits per heavy atom. The number of halogens is 1. The standard InChI is InChI=1S/C13H11FN4/c14-10-5-9(8-15)6-11(7-10)18-13-4-2-1-3-12(13)16-17-18/h1-7H,8,15H2. The normalized spacial score (nSPS) is 11.0. The van der Waals surface area contributed by atoms with Crippen molar-refractivity contribution in [1.29, 1.82) is 0 Å². The van der Waals surface area contributed by atoms with Gasteiger partial charge in [0.1, 0.15) is 11.3 Å². The van der Waals surface area contributed by atoms with Crippen LogP contribution in [0.4, 0.5) is 4.39 Å². The molecule has 0 atom stereocenters. The lowest BCUT2D eigenvalue weighted by atomic mass is 10.2. The van der Waals surface area contributed by atoms with E-state index < -0.39 is 0 Å². The van der Waals surface area contributed by atoms with Crippen molar-refractivity contribution in [3.63, 3.8) is 0 Å². The Labute approximate surface area is 103 Å². The molecular weight excluding hydrogens is 231 g/mol. The van der Waals surface area contributed by atoms with Gasteiger partial charge in [-0.3, -0.25) is 0 Å². The molecule has 0 fully saturated rings. The minimum absolute atomic E-state index is 0.289. The Bertz CT molecular complexity index is 705. The lowest BCUT2D eigenvalue weighted by Gasteiger charge is -2.05. The van der Waals surface area contributed by atoms with Gasteiger partial charge in [0.2, 0.25) is 0 Å². The molecule has 0 aliphatic rings. The van der Waals surface area contributed by atoms with Crippen LogP contribution in [0.25, 0.3) is 16.7 Å². The molecule has 0 bridgehead atoms. The molecule has 0 saturated carbocycles. The van der Waals surface area contributed by atoms with Gasteiger partial charge in [0.05, 0.1) is 11.2 Å². The fourth-order valence-corrected chi connectivity index (χ4v) is 1.93. The van der Waals surface area contributed by atoms with E-state index in [1.165, 1.54) is 12.1 Å². The van der Waals surface area contributed by atoms with E-state index in [1.807, 2.05) is 30.3 Å². The first-order valence-electron chi connectivity index (χ1n) is 5.58. The SMILES string of the molecule is NCc1cc(F)cc(-n2nnc3ccccc32)c1. The van der Waals surface area contributed by atoms with Crippen molar-refractivity contribution in [2.45, 2.75) is 6.54 Å². The molecule has 1 heterocycles. The molecule has 3 aromatic rings. The molecule has 0 aliphatic carbocycles. The zero-order chi connectivity index (χ0) is 12.5. The number of benzene rings is 2. The second-order valence-electron chi connectivity index (χ2n) is 4.01. The molecule has 2 aromatic carbocycles. The summed E-state index contributed by atoms with van der Waals surface area (Å²) < 4.78 is 15.1. The number of hydrogen-bond donors (Lipinski definition) is 1. The summed E-state index contributed by atoms with van der Waals surface area (Å²) >= 11 is 0. The number of rotatable bonds is 2. The summed E-state index contributed by atoms with van der Waals surface area (Å²) in [6.07, 6.45) is 0. The monoisotopic (exact) mass is 242 g/mol. The summed E-state index contributed by atoms with van der Waals surface area (Å²) in [7, 11) is 0. The molecule has 0 amide bonds. The van der Waals surface area contributed by atoms with Gasteiger partial charge < -0.3 is 5.73 Å². The van der Waals surface area contributed by atoms with Crippen molar-refractivity contribution in [2.24, 2.45) is 5.73 Å². The second-order valence-corrected chi connectivity index (χ2v) is 4.01. The molecule has 1 aromatic heterocycles. The van der Waals surface area contributed by atoms with Gasteiger partial charge >= 0.3 is 0 Å². The highest BCUT2D eigenvalue weighted by atomic mass is 19.1. The zero-order valence-corrected chi connectivity index (χ0v) is 9.55. The van der Waals surface area contributed by atoms with Crippen LogP contribution in [0.15, 0.2) is 42.5 Å². The van der Waals surface area contributed by atoms with Crippen molar-refractivity contribution in [3.8, 4) is 5.69 Å². The van der Waals surface area contributed by atoms with Crippen LogP contribution in [0.3, 0.4) is 0 Å². The number of nitrogens with zero attached hydrogens (tertiary/aromatic N) is 3. The van der Waals surface area contributed by atoms with E-state index in [1.54, 1.807) is 4.68 Å². The van der Waals surface area contributed by atoms with Crippen molar-refractivity contribution in [2.75, 3.05) is 0 Å². The van der Waals surface area contributed by atoms with Crippen LogP contribution in [0.5, 0.6) is 0 Å². The van der Waals surface area contributed by atoms with Crippen molar-refractivity contribution >= 4 is 11.0 Å². The van der Waals surface area contributed by atoms with Crippen molar-refractivity contribution < 1.29 is 4.39 Å². The number of nitrogens with two attached hydrogens (primary N) is 1. The maximum Gasteiger partial charge on any atom is 0.125 e. The molecule has 4 nitrogen and oxygen atoms in total. The number of aromatic nitrogens is 3. The summed E-state index contributed by atoms with van der Waals surface area (Å²) in [5, 5.41) is 8.08. The third-order valence-electron chi connectivity index (χ3n) is 2.77. The lowest BCUT2D eigenvalue weighted by molar-refractivity contribution is 0.622. The van der Waals surface area contributed by atoms with Gasteiger partial charge in [0.15, 0.2) is 0 Å². The first-order valence-corrected chi connectivity index (χ1v) is 5.58. The van der Waals surface area contributed by atoms with Crippen LogP contribution in [-0.4, -0.2) is 15.0 Å². The quantitative estimate of drug-likeness (QED) is 0.748. The van der Waals surface area contributed by atoms with Gasteiger partial charge in [0, 0.05) is 6.54 Å². The van der Waals surface area contributed by atoms with E-state index in [0.29, 0.717) is 5.69 Å². The molecule has 0 saturated heterocycles. The number of fused-ring (bicyclic) bond motifs is 1. The summed E-state index contributed by atoms with van der Waals surface area (Å²) in [6, 6.07) is 12.2. The van der Waals surface area contributed by atoms with E-state index in [0.717, 1.165) is 16.6 Å². The fourth-order valence-electron chi connectivity index (χ4n) is 1.93. The third kappa shape index (κ3) is 1.74. The Morgan fingerprint density at radius 2 is 2.00 bits per heavy atom. The molecular formula is C13H11FN4. The minimum Gasteiger partial charge on any atom is -0.326 e. The van der Waals surface area contributed by atoms with E-state index in [-0.39, 0.29) is 12.4 Å². The van der Waals surface area contributed by atoms with E-state index in [9.17, 15) is 4.39 Å². The summed E-state index contributed by atoms with van der Waals surface area (Å²) in [5.74, 6) is -0.326. The molecule has 2 N–H and O–H groups in total. The van der Waals surface area contributed by atoms with Crippen LogP contribution >= 0.6 is 0 Å². The van der Waals surface area contributed by atoms with Gasteiger partial charge in [-0.15, -0.1) is 5.10 Å². The maximum absolute atomic E-state index is 13.5. The highest BCUT2D eigenvalue weighted by molar-refractivity contribution is 5.75. The molecule has 0 spiro atoms. The lowest BCUT2D eigenvalue weighted by Crippen LogP contribution is -2.02. The summed E-state index contributed by atoms with van der Waals surface area (Å²) in [6.45, 7) is 0.289. The summed E-state index contributed by atoms with van der Waals surface area (Å²) in [5.41, 5.74) is 8.51. The van der Waals surface area contributed by atoms with Crippen LogP contribution in [-0.2, 0) is 6.54 Å². The van der Waals surface area contributed by atoms with Crippen LogP contribution in [0.1, 0.15) is 5.56 Å². The van der Waals surface area contributed by atoms with Gasteiger partial charge in [-0.05, 0) is 35.9 Å². The predicted molar refractivity (Wildman–Crippen MR) is 66.7 cm³/mol. The van der Waals surface area contributed by atoms with Crippen molar-refractivity contribution in [1.82, 2.24) is 15.0 Å². The Kier molecular flexibility index (Phi) is 2.53. The first kappa shape index (κ1) is 10.9. The Balaban J connectivity index is 2.22. The molecule has 18 heavy (non-hydrogen) atoms. The molecule has 90 valence electrons. The van der Waals surface area contributed by atoms with Gasteiger partial charge in [-0.2, -0.15) is 0 Å². The molecule has 5 heteroatoms. The zero-order valence-electron chi connectivity index (χ0n) is 9.55. The summed E-state index contributed by atoms with van der Waals surface area (Å²) in [4.78, 5) is 0. The maximum atomic E-state index is 13.5. The van der Waals surface area contributed by atoms with Gasteiger partial charge in [-0.1, -0.05) is 17.3 Å². The van der Waals surface area contributed by atoms with Crippen molar-refractivity contribution in [3.05, 3.63) is 53.8 Å². The van der Waals surface area contributed by atoms with Crippen LogP contribution in [0.2, 0.25) is 0 Å². The molecule has 0 unspecified atom stereocenters.